The highest BCUT2D eigenvalue weighted by atomic mass is 79.9. The number of aryl methyl sites for hydroxylation is 2. The Kier molecular flexibility index (Phi) is 6.68. The number of hydrogen-bond donors (Lipinski definition) is 1. The van der Waals surface area contributed by atoms with Gasteiger partial charge in [-0.05, 0) is 43.2 Å². The highest BCUT2D eigenvalue weighted by Gasteiger charge is 2.17. The van der Waals surface area contributed by atoms with Crippen LogP contribution in [-0.4, -0.2) is 24.0 Å². The van der Waals surface area contributed by atoms with Crippen molar-refractivity contribution in [3.05, 3.63) is 91.9 Å². The van der Waals surface area contributed by atoms with Crippen LogP contribution in [0.15, 0.2) is 70.7 Å². The molecule has 0 aliphatic carbocycles. The number of rotatable bonds is 3. The summed E-state index contributed by atoms with van der Waals surface area (Å²) >= 11 is 6.84. The van der Waals surface area contributed by atoms with Gasteiger partial charge in [-0.1, -0.05) is 31.9 Å². The van der Waals surface area contributed by atoms with Crippen LogP contribution in [0, 0.1) is 24.0 Å². The summed E-state index contributed by atoms with van der Waals surface area (Å²) in [5.74, 6) is 0. The number of anilines is 1. The number of nitrogens with two attached hydrogens (primary N) is 1. The van der Waals surface area contributed by atoms with E-state index >= 15 is 0 Å². The minimum Gasteiger partial charge on any atom is -0.397 e. The first-order valence-corrected chi connectivity index (χ1v) is 10.3. The van der Waals surface area contributed by atoms with E-state index in [2.05, 4.69) is 41.8 Å². The normalized spacial score (nSPS) is 10.4. The number of benzene rings is 2. The number of halogens is 2. The van der Waals surface area contributed by atoms with Crippen molar-refractivity contribution in [2.45, 2.75) is 13.8 Å². The topological polar surface area (TPSA) is 105 Å². The Morgan fingerprint density at radius 2 is 1.40 bits per heavy atom. The summed E-state index contributed by atoms with van der Waals surface area (Å²) in [6.45, 7) is 3.83. The fourth-order valence-corrected chi connectivity index (χ4v) is 3.39. The molecule has 0 amide bonds. The van der Waals surface area contributed by atoms with Crippen molar-refractivity contribution >= 4 is 43.2 Å². The molecule has 0 saturated carbocycles. The fourth-order valence-electron chi connectivity index (χ4n) is 2.73. The maximum Gasteiger partial charge on any atom is 0.293 e. The Balaban J connectivity index is 0.000000172. The number of imidazole rings is 2. The van der Waals surface area contributed by atoms with Crippen LogP contribution in [0.3, 0.4) is 0 Å². The van der Waals surface area contributed by atoms with Crippen molar-refractivity contribution < 1.29 is 4.92 Å². The lowest BCUT2D eigenvalue weighted by Gasteiger charge is -2.08. The molecule has 0 aliphatic rings. The van der Waals surface area contributed by atoms with E-state index in [-0.39, 0.29) is 5.69 Å². The van der Waals surface area contributed by atoms with Gasteiger partial charge in [-0.3, -0.25) is 10.1 Å². The zero-order chi connectivity index (χ0) is 21.8. The van der Waals surface area contributed by atoms with Crippen LogP contribution in [0.5, 0.6) is 0 Å². The number of nitrogen functional groups attached to an aromatic ring is 1. The largest absolute Gasteiger partial charge is 0.397 e. The number of nitro groups is 1. The average Bonchev–Trinajstić information content (AvgIpc) is 3.41. The molecule has 0 aliphatic heterocycles. The average molecular weight is 534 g/mol. The summed E-state index contributed by atoms with van der Waals surface area (Å²) in [6, 6.07) is 7.19. The van der Waals surface area contributed by atoms with Gasteiger partial charge in [-0.2, -0.15) is 0 Å². The van der Waals surface area contributed by atoms with Gasteiger partial charge < -0.3 is 14.9 Å². The fraction of sp³-hybridized carbons (Fsp3) is 0.100. The lowest BCUT2D eigenvalue weighted by molar-refractivity contribution is -0.384. The van der Waals surface area contributed by atoms with Crippen molar-refractivity contribution in [2.24, 2.45) is 0 Å². The van der Waals surface area contributed by atoms with Gasteiger partial charge in [0.1, 0.15) is 5.69 Å². The van der Waals surface area contributed by atoms with Crippen molar-refractivity contribution in [3.63, 3.8) is 0 Å². The minimum atomic E-state index is -0.394. The van der Waals surface area contributed by atoms with E-state index in [1.165, 1.54) is 6.33 Å². The van der Waals surface area contributed by atoms with E-state index in [1.807, 2.05) is 36.7 Å². The molecule has 0 fully saturated rings. The summed E-state index contributed by atoms with van der Waals surface area (Å²) in [5.41, 5.74) is 10.1. The van der Waals surface area contributed by atoms with Crippen LogP contribution in [0.2, 0.25) is 0 Å². The van der Waals surface area contributed by atoms with Gasteiger partial charge in [0.2, 0.25) is 0 Å². The smallest absolute Gasteiger partial charge is 0.293 e. The first kappa shape index (κ1) is 21.7. The highest BCUT2D eigenvalue weighted by molar-refractivity contribution is 9.10. The standard InChI is InChI=1S/C10H8BrN3O2.C10H10BrN3/c1-7-4-10(14(15)16)9(5-8(7)11)13-3-2-12-6-13;1-7-4-9(12)10(5-8(7)11)14-3-2-13-6-14/h2-6H,1H3;2-6H,12H2,1H3. The third-order valence-corrected chi connectivity index (χ3v) is 6.03. The first-order chi connectivity index (χ1) is 14.3. The van der Waals surface area contributed by atoms with E-state index in [0.717, 1.165) is 31.4 Å². The molecular weight excluding hydrogens is 516 g/mol. The molecule has 4 rings (SSSR count). The van der Waals surface area contributed by atoms with Crippen LogP contribution < -0.4 is 5.73 Å². The molecule has 0 radical (unpaired) electrons. The maximum atomic E-state index is 10.9. The molecule has 0 atom stereocenters. The van der Waals surface area contributed by atoms with E-state index in [0.29, 0.717) is 5.69 Å². The second kappa shape index (κ2) is 9.23. The zero-order valence-corrected chi connectivity index (χ0v) is 19.3. The predicted octanol–water partition coefficient (Wildman–Crippen LogP) is 5.38. The van der Waals surface area contributed by atoms with Gasteiger partial charge >= 0.3 is 0 Å². The lowest BCUT2D eigenvalue weighted by Crippen LogP contribution is -1.99. The van der Waals surface area contributed by atoms with Crippen molar-refractivity contribution in [3.8, 4) is 11.4 Å². The first-order valence-electron chi connectivity index (χ1n) is 8.74. The monoisotopic (exact) mass is 532 g/mol. The number of hydrogen-bond acceptors (Lipinski definition) is 5. The molecule has 8 nitrogen and oxygen atoms in total. The number of nitrogens with zero attached hydrogens (tertiary/aromatic N) is 5. The quantitative estimate of drug-likeness (QED) is 0.216. The summed E-state index contributed by atoms with van der Waals surface area (Å²) < 4.78 is 5.39. The van der Waals surface area contributed by atoms with Crippen LogP contribution >= 0.6 is 31.9 Å². The van der Waals surface area contributed by atoms with Crippen molar-refractivity contribution in [1.29, 1.82) is 0 Å². The highest BCUT2D eigenvalue weighted by Crippen LogP contribution is 2.29. The molecule has 2 N–H and O–H groups in total. The van der Waals surface area contributed by atoms with Gasteiger partial charge in [0.25, 0.3) is 5.69 Å². The molecule has 2 heterocycles. The SMILES string of the molecule is Cc1cc(N)c(-n2ccnc2)cc1Br.Cc1cc([N+](=O)[O-])c(-n2ccnc2)cc1Br. The van der Waals surface area contributed by atoms with Gasteiger partial charge in [0.05, 0.1) is 29.0 Å². The molecule has 154 valence electrons. The number of aromatic nitrogens is 4. The van der Waals surface area contributed by atoms with Gasteiger partial charge in [0, 0.05) is 39.8 Å². The summed E-state index contributed by atoms with van der Waals surface area (Å²) in [6.07, 6.45) is 10.1. The van der Waals surface area contributed by atoms with E-state index in [4.69, 9.17) is 5.73 Å². The Morgan fingerprint density at radius 3 is 1.90 bits per heavy atom. The Hall–Kier alpha value is -2.98. The maximum absolute atomic E-state index is 10.9. The van der Waals surface area contributed by atoms with Crippen molar-refractivity contribution in [2.75, 3.05) is 5.73 Å². The van der Waals surface area contributed by atoms with Crippen LogP contribution in [-0.2, 0) is 0 Å². The van der Waals surface area contributed by atoms with E-state index in [1.54, 1.807) is 41.6 Å². The van der Waals surface area contributed by atoms with E-state index < -0.39 is 4.92 Å². The third-order valence-electron chi connectivity index (χ3n) is 4.33. The number of nitro benzene ring substituents is 1. The molecule has 10 heteroatoms. The Labute approximate surface area is 189 Å². The van der Waals surface area contributed by atoms with Gasteiger partial charge in [-0.25, -0.2) is 9.97 Å². The molecule has 30 heavy (non-hydrogen) atoms. The molecule has 0 unspecified atom stereocenters. The second-order valence-electron chi connectivity index (χ2n) is 6.45. The Morgan fingerprint density at radius 1 is 0.900 bits per heavy atom. The molecular formula is C20H18Br2N6O2. The van der Waals surface area contributed by atoms with Crippen LogP contribution in [0.1, 0.15) is 11.1 Å². The molecule has 0 spiro atoms. The summed E-state index contributed by atoms with van der Waals surface area (Å²) in [4.78, 5) is 18.4. The predicted molar refractivity (Wildman–Crippen MR) is 123 cm³/mol. The molecule has 2 aromatic heterocycles. The lowest BCUT2D eigenvalue weighted by atomic mass is 10.2. The second-order valence-corrected chi connectivity index (χ2v) is 8.16. The molecule has 2 aromatic carbocycles. The molecule has 0 saturated heterocycles. The molecule has 0 bridgehead atoms. The molecule has 4 aromatic rings. The zero-order valence-electron chi connectivity index (χ0n) is 16.2. The van der Waals surface area contributed by atoms with E-state index in [9.17, 15) is 10.1 Å². The van der Waals surface area contributed by atoms with Crippen LogP contribution in [0.25, 0.3) is 11.4 Å². The van der Waals surface area contributed by atoms with Gasteiger partial charge in [-0.15, -0.1) is 0 Å². The van der Waals surface area contributed by atoms with Crippen LogP contribution in [0.4, 0.5) is 11.4 Å². The minimum absolute atomic E-state index is 0.0682. The Bertz CT molecular complexity index is 1170. The van der Waals surface area contributed by atoms with Gasteiger partial charge in [0.15, 0.2) is 0 Å². The third kappa shape index (κ3) is 4.77. The summed E-state index contributed by atoms with van der Waals surface area (Å²) in [5, 5.41) is 10.9. The van der Waals surface area contributed by atoms with Crippen molar-refractivity contribution in [1.82, 2.24) is 19.1 Å². The summed E-state index contributed by atoms with van der Waals surface area (Å²) in [7, 11) is 0.